The maximum absolute atomic E-state index is 12.2. The average molecular weight is 359 g/mol. The predicted octanol–water partition coefficient (Wildman–Crippen LogP) is -0.304. The second-order valence-electron chi connectivity index (χ2n) is 5.61. The lowest BCUT2D eigenvalue weighted by Crippen LogP contribution is -2.46. The van der Waals surface area contributed by atoms with E-state index in [-0.39, 0.29) is 23.9 Å². The molecule has 0 radical (unpaired) electrons. The predicted molar refractivity (Wildman–Crippen MR) is 84.2 cm³/mol. The first-order valence-corrected chi connectivity index (χ1v) is 9.14. The van der Waals surface area contributed by atoms with E-state index in [2.05, 4.69) is 5.32 Å². The molecule has 1 saturated heterocycles. The van der Waals surface area contributed by atoms with E-state index in [4.69, 9.17) is 14.6 Å². The number of nitrogens with one attached hydrogen (secondary N) is 1. The summed E-state index contributed by atoms with van der Waals surface area (Å²) in [5.74, 6) is -0.354. The highest BCUT2D eigenvalue weighted by atomic mass is 32.2. The van der Waals surface area contributed by atoms with Gasteiger partial charge in [-0.15, -0.1) is 0 Å². The van der Waals surface area contributed by atoms with Gasteiger partial charge in [-0.1, -0.05) is 18.2 Å². The van der Waals surface area contributed by atoms with E-state index in [9.17, 15) is 18.3 Å². The van der Waals surface area contributed by atoms with Crippen LogP contribution in [0.2, 0.25) is 0 Å². The summed E-state index contributed by atoms with van der Waals surface area (Å²) in [6.07, 6.45) is -3.53. The van der Waals surface area contributed by atoms with E-state index in [1.807, 2.05) is 0 Å². The molecular weight excluding hydrogens is 338 g/mol. The summed E-state index contributed by atoms with van der Waals surface area (Å²) < 4.78 is 34.5. The van der Waals surface area contributed by atoms with Crippen molar-refractivity contribution in [2.75, 3.05) is 19.0 Å². The molecule has 134 valence electrons. The number of amides is 1. The molecule has 4 atom stereocenters. The molecule has 9 heteroatoms. The van der Waals surface area contributed by atoms with E-state index in [0.29, 0.717) is 0 Å². The topological polar surface area (TPSA) is 122 Å². The number of aliphatic hydroxyl groups excluding tert-OH is 2. The van der Waals surface area contributed by atoms with Crippen molar-refractivity contribution in [3.05, 3.63) is 30.3 Å². The second kappa shape index (κ2) is 7.93. The third kappa shape index (κ3) is 4.67. The molecule has 1 aliphatic rings. The third-order valence-electron chi connectivity index (χ3n) is 3.63. The largest absolute Gasteiger partial charge is 0.445 e. The summed E-state index contributed by atoms with van der Waals surface area (Å²) in [5.41, 5.74) is 0. The third-order valence-corrected chi connectivity index (χ3v) is 5.53. The molecule has 1 fully saturated rings. The van der Waals surface area contributed by atoms with Gasteiger partial charge in [0.25, 0.3) is 0 Å². The van der Waals surface area contributed by atoms with Crippen LogP contribution in [0, 0.1) is 0 Å². The zero-order chi connectivity index (χ0) is 17.7. The van der Waals surface area contributed by atoms with Crippen molar-refractivity contribution in [2.45, 2.75) is 36.2 Å². The van der Waals surface area contributed by atoms with Crippen molar-refractivity contribution in [3.63, 3.8) is 0 Å². The van der Waals surface area contributed by atoms with Crippen LogP contribution >= 0.6 is 0 Å². The Morgan fingerprint density at radius 3 is 2.67 bits per heavy atom. The van der Waals surface area contributed by atoms with Gasteiger partial charge in [0.2, 0.25) is 0 Å². The van der Waals surface area contributed by atoms with Gasteiger partial charge in [-0.25, -0.2) is 13.2 Å². The summed E-state index contributed by atoms with van der Waals surface area (Å²) in [6, 6.07) is 7.18. The molecule has 0 aromatic heterocycles. The van der Waals surface area contributed by atoms with Crippen molar-refractivity contribution in [1.82, 2.24) is 5.32 Å². The standard InChI is InChI=1S/C15H21NO7S/c1-10(9-24(20,21)11-5-3-2-4-6-11)23-15(19)16-12-8-22-13(7-17)14(12)18/h2-6,10,12-14,17-18H,7-9H2,1H3,(H,16,19)/t10?,12?,13-,14?/m1/s1. The summed E-state index contributed by atoms with van der Waals surface area (Å²) in [5, 5.41) is 21.2. The summed E-state index contributed by atoms with van der Waals surface area (Å²) >= 11 is 0. The molecule has 1 aromatic carbocycles. The van der Waals surface area contributed by atoms with Crippen molar-refractivity contribution >= 4 is 15.9 Å². The molecule has 3 N–H and O–H groups in total. The molecule has 8 nitrogen and oxygen atoms in total. The van der Waals surface area contributed by atoms with Gasteiger partial charge >= 0.3 is 6.09 Å². The number of alkyl carbamates (subject to hydrolysis) is 1. The van der Waals surface area contributed by atoms with Gasteiger partial charge in [0.15, 0.2) is 9.84 Å². The van der Waals surface area contributed by atoms with Crippen LogP contribution in [0.3, 0.4) is 0 Å². The van der Waals surface area contributed by atoms with Gasteiger partial charge in [-0.3, -0.25) is 0 Å². The van der Waals surface area contributed by atoms with Gasteiger partial charge in [0.1, 0.15) is 18.3 Å². The number of hydrogen-bond acceptors (Lipinski definition) is 7. The normalized spacial score (nSPS) is 25.2. The Hall–Kier alpha value is -1.68. The van der Waals surface area contributed by atoms with Crippen molar-refractivity contribution in [3.8, 4) is 0 Å². The van der Waals surface area contributed by atoms with E-state index >= 15 is 0 Å². The molecule has 0 spiro atoms. The summed E-state index contributed by atoms with van der Waals surface area (Å²) in [6.45, 7) is 1.15. The Morgan fingerprint density at radius 1 is 1.42 bits per heavy atom. The Bertz CT molecular complexity index is 649. The first-order valence-electron chi connectivity index (χ1n) is 7.49. The van der Waals surface area contributed by atoms with Gasteiger partial charge in [-0.2, -0.15) is 0 Å². The number of sulfone groups is 1. The highest BCUT2D eigenvalue weighted by Crippen LogP contribution is 2.15. The number of rotatable bonds is 6. The Labute approximate surface area is 140 Å². The Morgan fingerprint density at radius 2 is 2.08 bits per heavy atom. The quantitative estimate of drug-likeness (QED) is 0.637. The fourth-order valence-electron chi connectivity index (χ4n) is 2.41. The molecule has 0 saturated carbocycles. The maximum Gasteiger partial charge on any atom is 0.407 e. The summed E-state index contributed by atoms with van der Waals surface area (Å²) in [7, 11) is -3.57. The molecule has 3 unspecified atom stereocenters. The number of carbonyl (C=O) groups excluding carboxylic acids is 1. The maximum atomic E-state index is 12.2. The molecule has 24 heavy (non-hydrogen) atoms. The second-order valence-corrected chi connectivity index (χ2v) is 7.64. The lowest BCUT2D eigenvalue weighted by Gasteiger charge is -2.19. The van der Waals surface area contributed by atoms with Gasteiger partial charge in [-0.05, 0) is 19.1 Å². The van der Waals surface area contributed by atoms with Crippen molar-refractivity contribution in [1.29, 1.82) is 0 Å². The van der Waals surface area contributed by atoms with Gasteiger partial charge in [0, 0.05) is 0 Å². The van der Waals surface area contributed by atoms with Crippen LogP contribution in [-0.4, -0.2) is 68.0 Å². The molecule has 1 aromatic rings. The first-order chi connectivity index (χ1) is 11.3. The first kappa shape index (κ1) is 18.7. The van der Waals surface area contributed by atoms with Crippen LogP contribution in [0.25, 0.3) is 0 Å². The number of carbonyl (C=O) groups is 1. The highest BCUT2D eigenvalue weighted by Gasteiger charge is 2.37. The zero-order valence-corrected chi connectivity index (χ0v) is 14.0. The lowest BCUT2D eigenvalue weighted by molar-refractivity contribution is 0.00261. The van der Waals surface area contributed by atoms with E-state index in [1.54, 1.807) is 18.2 Å². The SMILES string of the molecule is CC(CS(=O)(=O)c1ccccc1)OC(=O)NC1CO[C@H](CO)C1O. The van der Waals surface area contributed by atoms with E-state index in [0.717, 1.165) is 0 Å². The number of hydrogen-bond donors (Lipinski definition) is 3. The smallest absolute Gasteiger partial charge is 0.407 e. The fourth-order valence-corrected chi connectivity index (χ4v) is 3.86. The van der Waals surface area contributed by atoms with Crippen molar-refractivity contribution < 1.29 is 32.9 Å². The number of aliphatic hydroxyl groups is 2. The Kier molecular flexibility index (Phi) is 6.16. The van der Waals surface area contributed by atoms with Crippen LogP contribution in [-0.2, 0) is 19.3 Å². The molecule has 2 rings (SSSR count). The Balaban J connectivity index is 1.86. The average Bonchev–Trinajstić information content (AvgIpc) is 2.87. The van der Waals surface area contributed by atoms with E-state index in [1.165, 1.54) is 19.1 Å². The van der Waals surface area contributed by atoms with Crippen LogP contribution in [0.5, 0.6) is 0 Å². The molecule has 1 heterocycles. The number of ether oxygens (including phenoxy) is 2. The number of benzene rings is 1. The molecule has 1 amide bonds. The van der Waals surface area contributed by atoms with Crippen LogP contribution in [0.15, 0.2) is 35.2 Å². The lowest BCUT2D eigenvalue weighted by atomic mass is 10.1. The molecular formula is C15H21NO7S. The van der Waals surface area contributed by atoms with Crippen molar-refractivity contribution in [2.24, 2.45) is 0 Å². The van der Waals surface area contributed by atoms with Crippen LogP contribution in [0.4, 0.5) is 4.79 Å². The fraction of sp³-hybridized carbons (Fsp3) is 0.533. The zero-order valence-electron chi connectivity index (χ0n) is 13.2. The van der Waals surface area contributed by atoms with Crippen LogP contribution in [0.1, 0.15) is 6.92 Å². The molecule has 1 aliphatic heterocycles. The van der Waals surface area contributed by atoms with Gasteiger partial charge < -0.3 is 25.0 Å². The minimum Gasteiger partial charge on any atom is -0.445 e. The minimum atomic E-state index is -3.57. The minimum absolute atomic E-state index is 0.0399. The van der Waals surface area contributed by atoms with E-state index < -0.39 is 40.3 Å². The van der Waals surface area contributed by atoms with Gasteiger partial charge in [0.05, 0.1) is 29.9 Å². The molecule has 0 bridgehead atoms. The molecule has 0 aliphatic carbocycles. The highest BCUT2D eigenvalue weighted by molar-refractivity contribution is 7.91. The monoisotopic (exact) mass is 359 g/mol. The van der Waals surface area contributed by atoms with Crippen LogP contribution < -0.4 is 5.32 Å². The summed E-state index contributed by atoms with van der Waals surface area (Å²) in [4.78, 5) is 12.0.